The largest absolute Gasteiger partial charge is 0.353 e. The van der Waals surface area contributed by atoms with E-state index in [1.165, 1.54) is 24.8 Å². The van der Waals surface area contributed by atoms with Crippen LogP contribution in [0.4, 0.5) is 0 Å². The van der Waals surface area contributed by atoms with Crippen LogP contribution in [0.3, 0.4) is 0 Å². The lowest BCUT2D eigenvalue weighted by Crippen LogP contribution is -2.42. The zero-order valence-corrected chi connectivity index (χ0v) is 15.0. The van der Waals surface area contributed by atoms with Crippen LogP contribution in [-0.4, -0.2) is 18.0 Å². The van der Waals surface area contributed by atoms with E-state index in [0.717, 1.165) is 38.5 Å². The van der Waals surface area contributed by atoms with Crippen molar-refractivity contribution >= 4 is 5.91 Å². The summed E-state index contributed by atoms with van der Waals surface area (Å²) in [5.41, 5.74) is 7.84. The number of amides is 1. The van der Waals surface area contributed by atoms with E-state index in [0.29, 0.717) is 17.5 Å². The summed E-state index contributed by atoms with van der Waals surface area (Å²) in [6, 6.07) is 11.3. The summed E-state index contributed by atoms with van der Waals surface area (Å²) in [6.45, 7) is 2.17. The van der Waals surface area contributed by atoms with Crippen LogP contribution in [0.1, 0.15) is 63.9 Å². The molecule has 2 fully saturated rings. The number of carbonyl (C=O) groups excluding carboxylic acids is 1. The molecule has 2 aliphatic carbocycles. The number of carbonyl (C=O) groups is 1. The van der Waals surface area contributed by atoms with Gasteiger partial charge in [-0.05, 0) is 62.3 Å². The zero-order valence-electron chi connectivity index (χ0n) is 15.0. The van der Waals surface area contributed by atoms with E-state index >= 15 is 0 Å². The van der Waals surface area contributed by atoms with Crippen molar-refractivity contribution in [2.45, 2.75) is 76.8 Å². The fraction of sp³-hybridized carbons (Fsp3) is 0.667. The highest BCUT2D eigenvalue weighted by Gasteiger charge is 2.52. The third-order valence-corrected chi connectivity index (χ3v) is 6.21. The van der Waals surface area contributed by atoms with Gasteiger partial charge >= 0.3 is 0 Å². The van der Waals surface area contributed by atoms with Crippen LogP contribution in [0, 0.1) is 11.3 Å². The normalized spacial score (nSPS) is 30.1. The highest BCUT2D eigenvalue weighted by molar-refractivity contribution is 5.79. The van der Waals surface area contributed by atoms with Crippen LogP contribution in [0.5, 0.6) is 0 Å². The van der Waals surface area contributed by atoms with Gasteiger partial charge in [-0.15, -0.1) is 0 Å². The van der Waals surface area contributed by atoms with Gasteiger partial charge in [-0.25, -0.2) is 0 Å². The molecule has 0 bridgehead atoms. The topological polar surface area (TPSA) is 55.1 Å². The molecule has 132 valence electrons. The smallest absolute Gasteiger partial charge is 0.223 e. The predicted octanol–water partition coefficient (Wildman–Crippen LogP) is 3.81. The number of nitrogens with two attached hydrogens (primary N) is 1. The molecule has 2 atom stereocenters. The summed E-state index contributed by atoms with van der Waals surface area (Å²) in [6.07, 6.45) is 9.79. The van der Waals surface area contributed by atoms with Gasteiger partial charge in [0.2, 0.25) is 5.91 Å². The monoisotopic (exact) mass is 328 g/mol. The van der Waals surface area contributed by atoms with Gasteiger partial charge in [-0.1, -0.05) is 43.7 Å². The predicted molar refractivity (Wildman–Crippen MR) is 98.6 cm³/mol. The minimum Gasteiger partial charge on any atom is -0.353 e. The van der Waals surface area contributed by atoms with Crippen molar-refractivity contribution in [3.63, 3.8) is 0 Å². The first-order chi connectivity index (χ1) is 11.6. The van der Waals surface area contributed by atoms with E-state index in [2.05, 4.69) is 36.5 Å². The van der Waals surface area contributed by atoms with Crippen LogP contribution < -0.4 is 11.1 Å². The van der Waals surface area contributed by atoms with Gasteiger partial charge in [0.1, 0.15) is 0 Å². The summed E-state index contributed by atoms with van der Waals surface area (Å²) in [5.74, 6) is 0.420. The summed E-state index contributed by atoms with van der Waals surface area (Å²) in [5, 5.41) is 3.34. The Hall–Kier alpha value is -1.35. The SMILES string of the molecule is CCCC(CCc1ccccc1)C(=O)NC1CCC2(CC1)CC2N. The first kappa shape index (κ1) is 17.5. The highest BCUT2D eigenvalue weighted by atomic mass is 16.1. The number of hydrogen-bond donors (Lipinski definition) is 2. The molecule has 24 heavy (non-hydrogen) atoms. The van der Waals surface area contributed by atoms with Crippen molar-refractivity contribution in [2.24, 2.45) is 17.1 Å². The summed E-state index contributed by atoms with van der Waals surface area (Å²) in [4.78, 5) is 12.7. The molecule has 1 amide bonds. The fourth-order valence-corrected chi connectivity index (χ4v) is 4.35. The van der Waals surface area contributed by atoms with Crippen molar-refractivity contribution in [3.8, 4) is 0 Å². The second-order valence-electron chi connectivity index (χ2n) is 7.97. The van der Waals surface area contributed by atoms with Crippen molar-refractivity contribution in [1.82, 2.24) is 5.32 Å². The molecule has 3 nitrogen and oxygen atoms in total. The maximum Gasteiger partial charge on any atom is 0.223 e. The van der Waals surface area contributed by atoms with Gasteiger partial charge in [0, 0.05) is 18.0 Å². The third-order valence-electron chi connectivity index (χ3n) is 6.21. The van der Waals surface area contributed by atoms with E-state index in [1.54, 1.807) is 0 Å². The van der Waals surface area contributed by atoms with Gasteiger partial charge in [-0.2, -0.15) is 0 Å². The molecular formula is C21H32N2O. The zero-order chi connectivity index (χ0) is 17.0. The molecule has 0 heterocycles. The molecule has 0 radical (unpaired) electrons. The van der Waals surface area contributed by atoms with E-state index in [4.69, 9.17) is 5.73 Å². The van der Waals surface area contributed by atoms with Crippen LogP contribution in [-0.2, 0) is 11.2 Å². The molecule has 3 heteroatoms. The quantitative estimate of drug-likeness (QED) is 0.799. The summed E-state index contributed by atoms with van der Waals surface area (Å²) >= 11 is 0. The average molecular weight is 329 g/mol. The molecule has 0 aromatic heterocycles. The second kappa shape index (κ2) is 7.69. The lowest BCUT2D eigenvalue weighted by Gasteiger charge is -2.30. The Morgan fingerprint density at radius 3 is 2.50 bits per heavy atom. The molecular weight excluding hydrogens is 296 g/mol. The number of hydrogen-bond acceptors (Lipinski definition) is 2. The molecule has 3 N–H and O–H groups in total. The molecule has 2 aliphatic rings. The van der Waals surface area contributed by atoms with Crippen molar-refractivity contribution < 1.29 is 4.79 Å². The third kappa shape index (κ3) is 4.18. The van der Waals surface area contributed by atoms with Crippen molar-refractivity contribution in [3.05, 3.63) is 35.9 Å². The molecule has 0 saturated heterocycles. The Balaban J connectivity index is 1.47. The van der Waals surface area contributed by atoms with Gasteiger partial charge < -0.3 is 11.1 Å². The Kier molecular flexibility index (Phi) is 5.60. The molecule has 3 rings (SSSR count). The first-order valence-electron chi connectivity index (χ1n) is 9.73. The average Bonchev–Trinajstić information content (AvgIpc) is 3.23. The number of aryl methyl sites for hydroxylation is 1. The maximum atomic E-state index is 12.7. The van der Waals surface area contributed by atoms with Gasteiger partial charge in [0.25, 0.3) is 0 Å². The summed E-state index contributed by atoms with van der Waals surface area (Å²) < 4.78 is 0. The van der Waals surface area contributed by atoms with Crippen LogP contribution in [0.15, 0.2) is 30.3 Å². The van der Waals surface area contributed by atoms with Crippen molar-refractivity contribution in [2.75, 3.05) is 0 Å². The second-order valence-corrected chi connectivity index (χ2v) is 7.97. The standard InChI is InChI=1S/C21H32N2O/c1-2-6-17(10-9-16-7-4-3-5-8-16)20(24)23-18-11-13-21(14-12-18)15-19(21)22/h3-5,7-8,17-19H,2,6,9-15,22H2,1H3,(H,23,24). The molecule has 1 spiro atoms. The minimum atomic E-state index is 0.147. The first-order valence-corrected chi connectivity index (χ1v) is 9.73. The van der Waals surface area contributed by atoms with Gasteiger partial charge in [-0.3, -0.25) is 4.79 Å². The Morgan fingerprint density at radius 1 is 1.25 bits per heavy atom. The molecule has 1 aromatic carbocycles. The molecule has 0 aliphatic heterocycles. The Bertz CT molecular complexity index is 534. The Labute approximate surface area is 146 Å². The molecule has 1 aromatic rings. The van der Waals surface area contributed by atoms with Gasteiger partial charge in [0.05, 0.1) is 0 Å². The number of rotatable bonds is 7. The van der Waals surface area contributed by atoms with Crippen LogP contribution in [0.2, 0.25) is 0 Å². The number of nitrogens with one attached hydrogen (secondary N) is 1. The minimum absolute atomic E-state index is 0.147. The lowest BCUT2D eigenvalue weighted by molar-refractivity contribution is -0.126. The van der Waals surface area contributed by atoms with Gasteiger partial charge in [0.15, 0.2) is 0 Å². The highest BCUT2D eigenvalue weighted by Crippen LogP contribution is 2.55. The molecule has 2 unspecified atom stereocenters. The lowest BCUT2D eigenvalue weighted by atomic mass is 9.82. The van der Waals surface area contributed by atoms with E-state index in [-0.39, 0.29) is 11.8 Å². The molecule has 2 saturated carbocycles. The van der Waals surface area contributed by atoms with E-state index < -0.39 is 0 Å². The van der Waals surface area contributed by atoms with Crippen LogP contribution in [0.25, 0.3) is 0 Å². The van der Waals surface area contributed by atoms with E-state index in [1.807, 2.05) is 6.07 Å². The van der Waals surface area contributed by atoms with Crippen LogP contribution >= 0.6 is 0 Å². The van der Waals surface area contributed by atoms with Crippen molar-refractivity contribution in [1.29, 1.82) is 0 Å². The Morgan fingerprint density at radius 2 is 1.92 bits per heavy atom. The fourth-order valence-electron chi connectivity index (χ4n) is 4.35. The van der Waals surface area contributed by atoms with E-state index in [9.17, 15) is 4.79 Å². The number of benzene rings is 1. The summed E-state index contributed by atoms with van der Waals surface area (Å²) in [7, 11) is 0. The maximum absolute atomic E-state index is 12.7.